The molecule has 0 bridgehead atoms. The molecule has 1 aromatic heterocycles. The Labute approximate surface area is 117 Å². The second-order valence-electron chi connectivity index (χ2n) is 4.83. The first-order valence-electron chi connectivity index (χ1n) is 6.73. The summed E-state index contributed by atoms with van der Waals surface area (Å²) >= 11 is 1.69. The molecule has 1 aliphatic rings. The quantitative estimate of drug-likeness (QED) is 0.912. The fraction of sp³-hybridized carbons (Fsp3) is 0.400. The van der Waals surface area contributed by atoms with Crippen molar-refractivity contribution in [2.75, 3.05) is 6.54 Å². The Kier molecular flexibility index (Phi) is 3.80. The Bertz CT molecular complexity index is 565. The highest BCUT2D eigenvalue weighted by molar-refractivity contribution is 7.11. The number of thiazole rings is 1. The molecule has 0 amide bonds. The van der Waals surface area contributed by atoms with Crippen molar-refractivity contribution >= 4 is 11.3 Å². The van der Waals surface area contributed by atoms with Crippen LogP contribution in [-0.2, 0) is 25.9 Å². The Morgan fingerprint density at radius 2 is 2.16 bits per heavy atom. The third-order valence-corrected chi connectivity index (χ3v) is 4.46. The molecule has 3 rings (SSSR count). The minimum Gasteiger partial charge on any atom is -0.486 e. The summed E-state index contributed by atoms with van der Waals surface area (Å²) in [6.07, 6.45) is 6.47. The van der Waals surface area contributed by atoms with Gasteiger partial charge in [0.05, 0.1) is 0 Å². The number of fused-ring (bicyclic) bond motifs is 1. The van der Waals surface area contributed by atoms with E-state index in [-0.39, 0.29) is 0 Å². The summed E-state index contributed by atoms with van der Waals surface area (Å²) in [4.78, 5) is 5.59. The maximum Gasteiger partial charge on any atom is 0.140 e. The number of aryl methyl sites for hydroxylation is 2. The Morgan fingerprint density at radius 3 is 3.05 bits per heavy atom. The van der Waals surface area contributed by atoms with Crippen LogP contribution in [0.15, 0.2) is 24.4 Å². The molecule has 1 aromatic carbocycles. The third-order valence-electron chi connectivity index (χ3n) is 3.42. The van der Waals surface area contributed by atoms with Crippen molar-refractivity contribution in [3.8, 4) is 5.75 Å². The zero-order chi connectivity index (χ0) is 13.1. The molecule has 0 atom stereocenters. The summed E-state index contributed by atoms with van der Waals surface area (Å²) in [5.41, 5.74) is 8.46. The van der Waals surface area contributed by atoms with Crippen molar-refractivity contribution in [2.24, 2.45) is 5.73 Å². The van der Waals surface area contributed by atoms with Gasteiger partial charge >= 0.3 is 0 Å². The average Bonchev–Trinajstić information content (AvgIpc) is 3.04. The highest BCUT2D eigenvalue weighted by Crippen LogP contribution is 2.26. The zero-order valence-corrected chi connectivity index (χ0v) is 11.7. The van der Waals surface area contributed by atoms with Crippen LogP contribution in [0.1, 0.15) is 27.4 Å². The van der Waals surface area contributed by atoms with E-state index in [1.807, 2.05) is 6.20 Å². The van der Waals surface area contributed by atoms with Crippen LogP contribution >= 0.6 is 11.3 Å². The Balaban J connectivity index is 1.62. The third kappa shape index (κ3) is 2.96. The summed E-state index contributed by atoms with van der Waals surface area (Å²) in [7, 11) is 0. The largest absolute Gasteiger partial charge is 0.486 e. The zero-order valence-electron chi connectivity index (χ0n) is 10.9. The van der Waals surface area contributed by atoms with Crippen molar-refractivity contribution in [1.82, 2.24) is 4.98 Å². The van der Waals surface area contributed by atoms with E-state index in [9.17, 15) is 0 Å². The number of nitrogens with zero attached hydrogens (tertiary/aromatic N) is 1. The molecule has 1 heterocycles. The van der Waals surface area contributed by atoms with E-state index in [1.54, 1.807) is 11.3 Å². The molecule has 19 heavy (non-hydrogen) atoms. The van der Waals surface area contributed by atoms with Crippen LogP contribution in [0, 0.1) is 0 Å². The van der Waals surface area contributed by atoms with Gasteiger partial charge in [-0.05, 0) is 55.5 Å². The molecule has 0 aliphatic heterocycles. The lowest BCUT2D eigenvalue weighted by Crippen LogP contribution is -2.00. The molecule has 3 nitrogen and oxygen atoms in total. The molecule has 0 radical (unpaired) electrons. The second kappa shape index (κ2) is 5.72. The normalized spacial score (nSPS) is 13.5. The van der Waals surface area contributed by atoms with E-state index in [0.29, 0.717) is 13.2 Å². The van der Waals surface area contributed by atoms with Gasteiger partial charge in [0.25, 0.3) is 0 Å². The number of benzene rings is 1. The summed E-state index contributed by atoms with van der Waals surface area (Å²) < 4.78 is 5.83. The Hall–Kier alpha value is -1.39. The molecule has 100 valence electrons. The van der Waals surface area contributed by atoms with Crippen LogP contribution in [-0.4, -0.2) is 11.5 Å². The van der Waals surface area contributed by atoms with Gasteiger partial charge in [0, 0.05) is 11.1 Å². The predicted molar refractivity (Wildman–Crippen MR) is 77.7 cm³/mol. The summed E-state index contributed by atoms with van der Waals surface area (Å²) in [6.45, 7) is 1.22. The van der Waals surface area contributed by atoms with Crippen LogP contribution in [0.5, 0.6) is 5.75 Å². The lowest BCUT2D eigenvalue weighted by molar-refractivity contribution is 0.305. The molecule has 1 aliphatic carbocycles. The van der Waals surface area contributed by atoms with Gasteiger partial charge in [-0.2, -0.15) is 0 Å². The number of ether oxygens (including phenoxy) is 1. The fourth-order valence-electron chi connectivity index (χ4n) is 2.46. The predicted octanol–water partition coefficient (Wildman–Crippen LogP) is 2.71. The molecule has 0 fully saturated rings. The second-order valence-corrected chi connectivity index (χ2v) is 6.03. The van der Waals surface area contributed by atoms with Crippen LogP contribution in [0.2, 0.25) is 0 Å². The Morgan fingerprint density at radius 1 is 1.26 bits per heavy atom. The monoisotopic (exact) mass is 274 g/mol. The number of hydrogen-bond donors (Lipinski definition) is 1. The summed E-state index contributed by atoms with van der Waals surface area (Å²) in [5.74, 6) is 0.955. The van der Waals surface area contributed by atoms with Gasteiger partial charge < -0.3 is 10.5 Å². The van der Waals surface area contributed by atoms with E-state index in [1.165, 1.54) is 35.3 Å². The number of nitrogens with two attached hydrogens (primary N) is 1. The van der Waals surface area contributed by atoms with Gasteiger partial charge in [0.2, 0.25) is 0 Å². The highest BCUT2D eigenvalue weighted by atomic mass is 32.1. The van der Waals surface area contributed by atoms with Crippen LogP contribution in [0.3, 0.4) is 0 Å². The summed E-state index contributed by atoms with van der Waals surface area (Å²) in [5, 5.41) is 1.02. The van der Waals surface area contributed by atoms with E-state index in [2.05, 4.69) is 23.2 Å². The first-order valence-corrected chi connectivity index (χ1v) is 7.55. The first-order chi connectivity index (χ1) is 9.35. The number of rotatable bonds is 5. The van der Waals surface area contributed by atoms with Gasteiger partial charge in [-0.25, -0.2) is 4.98 Å². The van der Waals surface area contributed by atoms with Crippen molar-refractivity contribution in [3.63, 3.8) is 0 Å². The van der Waals surface area contributed by atoms with Crippen LogP contribution in [0.25, 0.3) is 0 Å². The lowest BCUT2D eigenvalue weighted by atomic mass is 10.1. The first kappa shape index (κ1) is 12.6. The molecular formula is C15H18N2OS. The van der Waals surface area contributed by atoms with Gasteiger partial charge in [0.15, 0.2) is 0 Å². The fourth-order valence-corrected chi connectivity index (χ4v) is 3.31. The molecule has 0 spiro atoms. The topological polar surface area (TPSA) is 48.1 Å². The van der Waals surface area contributed by atoms with E-state index in [0.717, 1.165) is 17.2 Å². The highest BCUT2D eigenvalue weighted by Gasteiger charge is 2.11. The van der Waals surface area contributed by atoms with Crippen molar-refractivity contribution < 1.29 is 4.74 Å². The van der Waals surface area contributed by atoms with Crippen LogP contribution < -0.4 is 10.5 Å². The van der Waals surface area contributed by atoms with Gasteiger partial charge in [-0.15, -0.1) is 11.3 Å². The molecule has 0 saturated heterocycles. The minimum absolute atomic E-state index is 0.550. The summed E-state index contributed by atoms with van der Waals surface area (Å²) in [6, 6.07) is 6.44. The lowest BCUT2D eigenvalue weighted by Gasteiger charge is -2.06. The van der Waals surface area contributed by atoms with Crippen LogP contribution in [0.4, 0.5) is 0 Å². The SMILES string of the molecule is NCCc1cnc(COc2ccc3c(c2)CCC3)s1. The van der Waals surface area contributed by atoms with E-state index >= 15 is 0 Å². The minimum atomic E-state index is 0.550. The molecular weight excluding hydrogens is 256 g/mol. The molecule has 0 saturated carbocycles. The molecule has 2 N–H and O–H groups in total. The molecule has 0 unspecified atom stereocenters. The number of aromatic nitrogens is 1. The van der Waals surface area contributed by atoms with E-state index < -0.39 is 0 Å². The van der Waals surface area contributed by atoms with E-state index in [4.69, 9.17) is 10.5 Å². The average molecular weight is 274 g/mol. The molecule has 2 aromatic rings. The standard InChI is InChI=1S/C15H18N2OS/c16-7-6-14-9-17-15(19-14)10-18-13-5-4-11-2-1-3-12(11)8-13/h4-5,8-9H,1-3,6-7,10,16H2. The maximum atomic E-state index is 5.83. The van der Waals surface area contributed by atoms with Gasteiger partial charge in [0.1, 0.15) is 17.4 Å². The van der Waals surface area contributed by atoms with Gasteiger partial charge in [-0.3, -0.25) is 0 Å². The van der Waals surface area contributed by atoms with Crippen molar-refractivity contribution in [1.29, 1.82) is 0 Å². The number of hydrogen-bond acceptors (Lipinski definition) is 4. The van der Waals surface area contributed by atoms with Gasteiger partial charge in [-0.1, -0.05) is 6.07 Å². The smallest absolute Gasteiger partial charge is 0.140 e. The maximum absolute atomic E-state index is 5.83. The molecule has 4 heteroatoms. The van der Waals surface area contributed by atoms with Crippen molar-refractivity contribution in [3.05, 3.63) is 45.4 Å². The van der Waals surface area contributed by atoms with Crippen molar-refractivity contribution in [2.45, 2.75) is 32.3 Å².